The number of aryl methyl sites for hydroxylation is 1. The number of carbonyl (C=O) groups excluding carboxylic acids is 1. The number of hydrogen-bond donors (Lipinski definition) is 2. The van der Waals surface area contributed by atoms with Crippen molar-refractivity contribution in [2.75, 3.05) is 13.7 Å². The fourth-order valence-corrected chi connectivity index (χ4v) is 5.00. The Morgan fingerprint density at radius 3 is 2.50 bits per heavy atom. The molecule has 2 aromatic carbocycles. The molecule has 0 bridgehead atoms. The standard InChI is InChI=1S/C28H27N5O2S/c1-4-35-27(34)23-24(19-11-7-5-8-12-19)32-28(33-25(23)20-13-9-6-10-14-20)36-26-22(16-29)21(17-30-3)15-18(2)31-26/h5-15,24,30H,4,17H2,1-3H3,(H,32,33)/t24-/m0/s1. The van der Waals surface area contributed by atoms with Crippen LogP contribution in [0.25, 0.3) is 5.70 Å². The average Bonchev–Trinajstić information content (AvgIpc) is 2.89. The van der Waals surface area contributed by atoms with Crippen LogP contribution in [0.5, 0.6) is 0 Å². The van der Waals surface area contributed by atoms with Gasteiger partial charge in [0.05, 0.1) is 23.4 Å². The number of thioether (sulfide) groups is 1. The van der Waals surface area contributed by atoms with E-state index in [1.54, 1.807) is 6.92 Å². The van der Waals surface area contributed by atoms with Gasteiger partial charge in [0.2, 0.25) is 0 Å². The van der Waals surface area contributed by atoms with Gasteiger partial charge in [-0.05, 0) is 55.4 Å². The zero-order valence-electron chi connectivity index (χ0n) is 20.4. The van der Waals surface area contributed by atoms with Crippen LogP contribution in [0.4, 0.5) is 0 Å². The minimum Gasteiger partial charge on any atom is -0.463 e. The van der Waals surface area contributed by atoms with E-state index in [4.69, 9.17) is 9.73 Å². The lowest BCUT2D eigenvalue weighted by atomic mass is 9.94. The van der Waals surface area contributed by atoms with Crippen LogP contribution in [0.2, 0.25) is 0 Å². The summed E-state index contributed by atoms with van der Waals surface area (Å²) < 4.78 is 5.46. The van der Waals surface area contributed by atoms with Crippen LogP contribution in [0.15, 0.2) is 82.3 Å². The summed E-state index contributed by atoms with van der Waals surface area (Å²) >= 11 is 1.29. The Bertz CT molecular complexity index is 1350. The van der Waals surface area contributed by atoms with Gasteiger partial charge in [-0.3, -0.25) is 0 Å². The highest BCUT2D eigenvalue weighted by molar-refractivity contribution is 8.13. The molecular formula is C28H27N5O2S. The number of ether oxygens (including phenoxy) is 1. The Balaban J connectivity index is 1.85. The van der Waals surface area contributed by atoms with Gasteiger partial charge in [-0.1, -0.05) is 60.7 Å². The van der Waals surface area contributed by atoms with E-state index in [1.807, 2.05) is 80.7 Å². The smallest absolute Gasteiger partial charge is 0.338 e. The van der Waals surface area contributed by atoms with Gasteiger partial charge in [-0.25, -0.2) is 14.8 Å². The lowest BCUT2D eigenvalue weighted by Crippen LogP contribution is -2.31. The van der Waals surface area contributed by atoms with E-state index in [2.05, 4.69) is 21.7 Å². The summed E-state index contributed by atoms with van der Waals surface area (Å²) in [7, 11) is 1.84. The van der Waals surface area contributed by atoms with Crippen molar-refractivity contribution in [3.8, 4) is 6.07 Å². The lowest BCUT2D eigenvalue weighted by Gasteiger charge is -2.27. The first-order valence-corrected chi connectivity index (χ1v) is 12.5. The molecule has 0 aliphatic carbocycles. The monoisotopic (exact) mass is 497 g/mol. The van der Waals surface area contributed by atoms with E-state index in [1.165, 1.54) is 11.8 Å². The maximum Gasteiger partial charge on any atom is 0.338 e. The van der Waals surface area contributed by atoms with Gasteiger partial charge in [-0.15, -0.1) is 0 Å². The van der Waals surface area contributed by atoms with Crippen LogP contribution in [0, 0.1) is 18.3 Å². The van der Waals surface area contributed by atoms with Crippen molar-refractivity contribution >= 4 is 28.6 Å². The first kappa shape index (κ1) is 25.2. The molecule has 1 aliphatic heterocycles. The molecule has 0 radical (unpaired) electrons. The number of nitrogens with one attached hydrogen (secondary N) is 2. The summed E-state index contributed by atoms with van der Waals surface area (Å²) in [6.45, 7) is 4.49. The third-order valence-electron chi connectivity index (χ3n) is 5.56. The molecule has 0 saturated heterocycles. The minimum absolute atomic E-state index is 0.254. The SMILES string of the molecule is CCOC(=O)C1=C(c2ccccc2)NC(Sc2nc(C)cc(CNC)c2C#N)=N[C@H]1c1ccccc1. The van der Waals surface area contributed by atoms with Crippen LogP contribution in [0.3, 0.4) is 0 Å². The molecule has 2 heterocycles. The van der Waals surface area contributed by atoms with Crippen molar-refractivity contribution in [2.24, 2.45) is 4.99 Å². The van der Waals surface area contributed by atoms with Crippen molar-refractivity contribution in [2.45, 2.75) is 31.5 Å². The number of hydrogen-bond acceptors (Lipinski definition) is 8. The number of aromatic nitrogens is 1. The fraction of sp³-hybridized carbons (Fsp3) is 0.214. The highest BCUT2D eigenvalue weighted by atomic mass is 32.2. The molecule has 4 rings (SSSR count). The number of benzene rings is 2. The summed E-state index contributed by atoms with van der Waals surface area (Å²) in [4.78, 5) is 22.8. The van der Waals surface area contributed by atoms with E-state index in [0.29, 0.717) is 33.6 Å². The predicted molar refractivity (Wildman–Crippen MR) is 142 cm³/mol. The summed E-state index contributed by atoms with van der Waals surface area (Å²) in [5.41, 5.74) is 4.95. The van der Waals surface area contributed by atoms with Crippen LogP contribution in [-0.2, 0) is 16.1 Å². The molecule has 2 N–H and O–H groups in total. The maximum absolute atomic E-state index is 13.2. The highest BCUT2D eigenvalue weighted by Gasteiger charge is 2.33. The lowest BCUT2D eigenvalue weighted by molar-refractivity contribution is -0.138. The zero-order chi connectivity index (χ0) is 25.5. The van der Waals surface area contributed by atoms with Crippen LogP contribution >= 0.6 is 11.8 Å². The largest absolute Gasteiger partial charge is 0.463 e. The van der Waals surface area contributed by atoms with Crippen molar-refractivity contribution in [3.63, 3.8) is 0 Å². The van der Waals surface area contributed by atoms with E-state index in [0.717, 1.165) is 22.4 Å². The van der Waals surface area contributed by atoms with Crippen LogP contribution in [-0.4, -0.2) is 29.8 Å². The van der Waals surface area contributed by atoms with E-state index < -0.39 is 12.0 Å². The van der Waals surface area contributed by atoms with E-state index in [9.17, 15) is 10.1 Å². The fourth-order valence-electron chi connectivity index (χ4n) is 4.03. The number of rotatable bonds is 7. The second-order valence-electron chi connectivity index (χ2n) is 8.09. The van der Waals surface area contributed by atoms with Crippen molar-refractivity contribution in [1.82, 2.24) is 15.6 Å². The van der Waals surface area contributed by atoms with Crippen molar-refractivity contribution in [3.05, 3.63) is 100 Å². The third kappa shape index (κ3) is 5.48. The van der Waals surface area contributed by atoms with Crippen molar-refractivity contribution < 1.29 is 9.53 Å². The Morgan fingerprint density at radius 2 is 1.86 bits per heavy atom. The normalized spacial score (nSPS) is 15.1. The Morgan fingerprint density at radius 1 is 1.17 bits per heavy atom. The summed E-state index contributed by atoms with van der Waals surface area (Å²) in [5.74, 6) is -0.423. The predicted octanol–water partition coefficient (Wildman–Crippen LogP) is 4.75. The molecule has 8 heteroatoms. The van der Waals surface area contributed by atoms with Gasteiger partial charge in [0.1, 0.15) is 17.1 Å². The number of esters is 1. The first-order chi connectivity index (χ1) is 17.5. The molecular weight excluding hydrogens is 470 g/mol. The van der Waals surface area contributed by atoms with Gasteiger partial charge in [0, 0.05) is 12.2 Å². The molecule has 0 saturated carbocycles. The summed E-state index contributed by atoms with van der Waals surface area (Å²) in [5, 5.41) is 17.5. The number of carbonyl (C=O) groups is 1. The topological polar surface area (TPSA) is 99.4 Å². The van der Waals surface area contributed by atoms with Gasteiger partial charge in [0.25, 0.3) is 0 Å². The second kappa shape index (κ2) is 11.7. The number of pyridine rings is 1. The van der Waals surface area contributed by atoms with Gasteiger partial charge < -0.3 is 15.4 Å². The molecule has 0 fully saturated rings. The third-order valence-corrected chi connectivity index (χ3v) is 6.45. The zero-order valence-corrected chi connectivity index (χ0v) is 21.2. The average molecular weight is 498 g/mol. The molecule has 36 heavy (non-hydrogen) atoms. The van der Waals surface area contributed by atoms with Gasteiger partial charge in [0.15, 0.2) is 5.17 Å². The second-order valence-corrected chi connectivity index (χ2v) is 9.07. The number of nitriles is 1. The van der Waals surface area contributed by atoms with Gasteiger partial charge in [-0.2, -0.15) is 5.26 Å². The van der Waals surface area contributed by atoms with E-state index >= 15 is 0 Å². The quantitative estimate of drug-likeness (QED) is 0.455. The number of aliphatic imine (C=N–C) groups is 1. The van der Waals surface area contributed by atoms with Crippen LogP contribution in [0.1, 0.15) is 40.9 Å². The molecule has 1 atom stereocenters. The molecule has 1 aliphatic rings. The molecule has 0 spiro atoms. The number of nitrogens with zero attached hydrogens (tertiary/aromatic N) is 3. The number of amidine groups is 1. The highest BCUT2D eigenvalue weighted by Crippen LogP contribution is 2.38. The van der Waals surface area contributed by atoms with Crippen LogP contribution < -0.4 is 10.6 Å². The first-order valence-electron chi connectivity index (χ1n) is 11.6. The molecule has 0 amide bonds. The molecule has 7 nitrogen and oxygen atoms in total. The molecule has 182 valence electrons. The summed E-state index contributed by atoms with van der Waals surface area (Å²) in [6.07, 6.45) is 0. The van der Waals surface area contributed by atoms with Crippen molar-refractivity contribution in [1.29, 1.82) is 5.26 Å². The Hall–Kier alpha value is -3.93. The molecule has 0 unspecified atom stereocenters. The van der Waals surface area contributed by atoms with Gasteiger partial charge >= 0.3 is 5.97 Å². The molecule has 1 aromatic heterocycles. The Kier molecular flexibility index (Phi) is 8.16. The maximum atomic E-state index is 13.2. The van der Waals surface area contributed by atoms with E-state index in [-0.39, 0.29) is 6.61 Å². The Labute approximate surface area is 215 Å². The summed E-state index contributed by atoms with van der Waals surface area (Å²) in [6, 6.07) is 22.9. The minimum atomic E-state index is -0.587. The molecule has 3 aromatic rings.